The topological polar surface area (TPSA) is 15.3 Å². The third-order valence-electron chi connectivity index (χ3n) is 2.30. The number of hydrogen-bond acceptors (Lipinski definition) is 2. The van der Waals surface area contributed by atoms with E-state index in [9.17, 15) is 0 Å². The highest BCUT2D eigenvalue weighted by atomic mass is 127. The van der Waals surface area contributed by atoms with Crippen molar-refractivity contribution in [3.8, 4) is 0 Å². The van der Waals surface area contributed by atoms with E-state index in [-0.39, 0.29) is 5.54 Å². The Morgan fingerprint density at radius 3 is 2.43 bits per heavy atom. The molecule has 2 nitrogen and oxygen atoms in total. The summed E-state index contributed by atoms with van der Waals surface area (Å²) in [6.07, 6.45) is 3.70. The predicted octanol–water partition coefficient (Wildman–Crippen LogP) is 3.05. The van der Waals surface area contributed by atoms with Crippen LogP contribution in [0.15, 0.2) is 0 Å². The molecule has 86 valence electrons. The molecule has 0 amide bonds. The number of unbranched alkanes of at least 4 members (excludes halogenated alkanes) is 1. The summed E-state index contributed by atoms with van der Waals surface area (Å²) in [5, 5.41) is 0. The van der Waals surface area contributed by atoms with Crippen LogP contribution in [0.3, 0.4) is 0 Å². The van der Waals surface area contributed by atoms with Gasteiger partial charge in [-0.15, -0.1) is 0 Å². The van der Waals surface area contributed by atoms with Crippen molar-refractivity contribution in [2.24, 2.45) is 0 Å². The molecule has 0 aliphatic heterocycles. The summed E-state index contributed by atoms with van der Waals surface area (Å²) in [6.45, 7) is 6.55. The SMILES string of the molecule is CN(CCCCI)CCC(C)(C)NCl. The predicted molar refractivity (Wildman–Crippen MR) is 73.3 cm³/mol. The third-order valence-corrected chi connectivity index (χ3v) is 3.57. The van der Waals surface area contributed by atoms with Crippen molar-refractivity contribution in [1.82, 2.24) is 9.74 Å². The lowest BCUT2D eigenvalue weighted by Gasteiger charge is -2.25. The molecule has 0 saturated heterocycles. The van der Waals surface area contributed by atoms with Crippen molar-refractivity contribution in [3.63, 3.8) is 0 Å². The second-order valence-corrected chi connectivity index (χ2v) is 5.70. The lowest BCUT2D eigenvalue weighted by atomic mass is 10.0. The van der Waals surface area contributed by atoms with Gasteiger partial charge in [-0.3, -0.25) is 0 Å². The van der Waals surface area contributed by atoms with E-state index in [2.05, 4.69) is 53.2 Å². The first-order valence-corrected chi connectivity index (χ1v) is 7.04. The summed E-state index contributed by atoms with van der Waals surface area (Å²) in [4.78, 5) is 5.19. The molecule has 0 unspecified atom stereocenters. The Morgan fingerprint density at radius 2 is 1.93 bits per heavy atom. The molecular weight excluding hydrogens is 310 g/mol. The Bertz CT molecular complexity index is 142. The molecule has 4 heteroatoms. The van der Waals surface area contributed by atoms with Crippen molar-refractivity contribution in [1.29, 1.82) is 0 Å². The van der Waals surface area contributed by atoms with Gasteiger partial charge in [0.2, 0.25) is 0 Å². The summed E-state index contributed by atoms with van der Waals surface area (Å²) >= 11 is 8.06. The largest absolute Gasteiger partial charge is 0.306 e. The number of alkyl halides is 1. The molecule has 0 aromatic heterocycles. The van der Waals surface area contributed by atoms with Crippen molar-refractivity contribution in [3.05, 3.63) is 0 Å². The van der Waals surface area contributed by atoms with Crippen LogP contribution in [-0.2, 0) is 0 Å². The molecule has 0 fully saturated rings. The molecule has 0 rings (SSSR count). The van der Waals surface area contributed by atoms with E-state index in [1.807, 2.05) is 0 Å². The average Bonchev–Trinajstić information content (AvgIpc) is 2.16. The van der Waals surface area contributed by atoms with Gasteiger partial charge in [0.05, 0.1) is 0 Å². The van der Waals surface area contributed by atoms with E-state index in [0.29, 0.717) is 0 Å². The molecule has 0 heterocycles. The maximum absolute atomic E-state index is 5.63. The first kappa shape index (κ1) is 14.9. The van der Waals surface area contributed by atoms with Gasteiger partial charge in [0.25, 0.3) is 0 Å². The second-order valence-electron chi connectivity index (χ2n) is 4.43. The van der Waals surface area contributed by atoms with Gasteiger partial charge >= 0.3 is 0 Å². The van der Waals surface area contributed by atoms with E-state index in [0.717, 1.165) is 13.0 Å². The van der Waals surface area contributed by atoms with Gasteiger partial charge in [-0.05, 0) is 69.5 Å². The molecule has 0 bridgehead atoms. The average molecular weight is 333 g/mol. The van der Waals surface area contributed by atoms with Crippen LogP contribution in [0.4, 0.5) is 0 Å². The van der Waals surface area contributed by atoms with E-state index in [1.165, 1.54) is 23.8 Å². The first-order chi connectivity index (χ1) is 6.52. The van der Waals surface area contributed by atoms with Crippen LogP contribution >= 0.6 is 34.4 Å². The molecule has 0 saturated carbocycles. The van der Waals surface area contributed by atoms with Gasteiger partial charge in [-0.25, -0.2) is 4.84 Å². The fourth-order valence-electron chi connectivity index (χ4n) is 1.11. The van der Waals surface area contributed by atoms with Crippen LogP contribution in [0.1, 0.15) is 33.1 Å². The first-order valence-electron chi connectivity index (χ1n) is 5.14. The van der Waals surface area contributed by atoms with Crippen LogP contribution in [0.2, 0.25) is 0 Å². The minimum atomic E-state index is 0.0408. The van der Waals surface area contributed by atoms with E-state index >= 15 is 0 Å². The molecule has 14 heavy (non-hydrogen) atoms. The molecule has 0 aromatic carbocycles. The maximum atomic E-state index is 5.63. The van der Waals surface area contributed by atoms with Gasteiger partial charge in [0, 0.05) is 5.54 Å². The van der Waals surface area contributed by atoms with Crippen molar-refractivity contribution in [2.75, 3.05) is 24.6 Å². The smallest absolute Gasteiger partial charge is 0.0287 e. The Morgan fingerprint density at radius 1 is 1.29 bits per heavy atom. The summed E-state index contributed by atoms with van der Waals surface area (Å²) < 4.78 is 1.26. The number of nitrogens with one attached hydrogen (secondary N) is 1. The standard InChI is InChI=1S/C10H22ClIN2/c1-10(2,13-11)6-9-14(3)8-5-4-7-12/h13H,4-9H2,1-3H3. The zero-order valence-corrected chi connectivity index (χ0v) is 12.4. The van der Waals surface area contributed by atoms with Crippen molar-refractivity contribution < 1.29 is 0 Å². The number of halogens is 2. The lowest BCUT2D eigenvalue weighted by Crippen LogP contribution is -2.36. The molecule has 0 aromatic rings. The van der Waals surface area contributed by atoms with Gasteiger partial charge < -0.3 is 4.90 Å². The van der Waals surface area contributed by atoms with Crippen LogP contribution < -0.4 is 4.84 Å². The lowest BCUT2D eigenvalue weighted by molar-refractivity contribution is 0.284. The normalized spacial score (nSPS) is 12.4. The molecule has 1 N–H and O–H groups in total. The molecule has 0 spiro atoms. The highest BCUT2D eigenvalue weighted by Gasteiger charge is 2.15. The number of rotatable bonds is 8. The van der Waals surface area contributed by atoms with Crippen molar-refractivity contribution in [2.45, 2.75) is 38.6 Å². The Hall–Kier alpha value is 0.940. The molecule has 0 atom stereocenters. The quantitative estimate of drug-likeness (QED) is 0.318. The van der Waals surface area contributed by atoms with Gasteiger partial charge in [0.1, 0.15) is 0 Å². The van der Waals surface area contributed by atoms with Gasteiger partial charge in [-0.1, -0.05) is 22.6 Å². The summed E-state index contributed by atoms with van der Waals surface area (Å²) in [7, 11) is 2.18. The second kappa shape index (κ2) is 8.13. The monoisotopic (exact) mass is 332 g/mol. The minimum Gasteiger partial charge on any atom is -0.306 e. The van der Waals surface area contributed by atoms with Crippen LogP contribution in [-0.4, -0.2) is 35.0 Å². The zero-order valence-electron chi connectivity index (χ0n) is 9.45. The van der Waals surface area contributed by atoms with Crippen LogP contribution in [0, 0.1) is 0 Å². The Labute approximate surface area is 107 Å². The van der Waals surface area contributed by atoms with Crippen molar-refractivity contribution >= 4 is 34.4 Å². The minimum absolute atomic E-state index is 0.0408. The van der Waals surface area contributed by atoms with Crippen LogP contribution in [0.25, 0.3) is 0 Å². The summed E-state index contributed by atoms with van der Waals surface area (Å²) in [6, 6.07) is 0. The van der Waals surface area contributed by atoms with E-state index in [4.69, 9.17) is 11.8 Å². The number of nitrogens with zero attached hydrogens (tertiary/aromatic N) is 1. The third kappa shape index (κ3) is 8.26. The van der Waals surface area contributed by atoms with Crippen LogP contribution in [0.5, 0.6) is 0 Å². The molecule has 0 aliphatic rings. The molecular formula is C10H22ClIN2. The molecule has 0 radical (unpaired) electrons. The Kier molecular flexibility index (Phi) is 8.68. The van der Waals surface area contributed by atoms with Gasteiger partial charge in [-0.2, -0.15) is 0 Å². The highest BCUT2D eigenvalue weighted by Crippen LogP contribution is 2.09. The molecule has 0 aliphatic carbocycles. The van der Waals surface area contributed by atoms with E-state index < -0.39 is 0 Å². The Balaban J connectivity index is 3.48. The summed E-state index contributed by atoms with van der Waals surface area (Å²) in [5.41, 5.74) is 0.0408. The zero-order chi connectivity index (χ0) is 11.0. The summed E-state index contributed by atoms with van der Waals surface area (Å²) in [5.74, 6) is 0. The number of hydrogen-bond donors (Lipinski definition) is 1. The maximum Gasteiger partial charge on any atom is 0.0287 e. The van der Waals surface area contributed by atoms with E-state index in [1.54, 1.807) is 0 Å². The highest BCUT2D eigenvalue weighted by molar-refractivity contribution is 14.1. The fourth-order valence-corrected chi connectivity index (χ4v) is 1.74. The fraction of sp³-hybridized carbons (Fsp3) is 1.00. The van der Waals surface area contributed by atoms with Gasteiger partial charge in [0.15, 0.2) is 0 Å².